The molecule has 3 N–H and O–H groups in total. The summed E-state index contributed by atoms with van der Waals surface area (Å²) in [7, 11) is 0. The van der Waals surface area contributed by atoms with Crippen LogP contribution in [0.2, 0.25) is 0 Å². The molecule has 0 aromatic carbocycles. The molecule has 2 amide bonds. The zero-order chi connectivity index (χ0) is 11.5. The molecule has 0 aliphatic carbocycles. The summed E-state index contributed by atoms with van der Waals surface area (Å²) in [6, 6.07) is 0. The highest BCUT2D eigenvalue weighted by Crippen LogP contribution is 2.30. The number of amidine groups is 1. The van der Waals surface area contributed by atoms with Crippen LogP contribution < -0.4 is 11.1 Å². The molecule has 5 nitrogen and oxygen atoms in total. The molecule has 0 radical (unpaired) electrons. The first-order valence-corrected chi connectivity index (χ1v) is 5.24. The van der Waals surface area contributed by atoms with Crippen LogP contribution in [-0.4, -0.2) is 24.2 Å². The van der Waals surface area contributed by atoms with Crippen LogP contribution in [0.4, 0.5) is 0 Å². The van der Waals surface area contributed by atoms with Gasteiger partial charge in [0.15, 0.2) is 0 Å². The lowest BCUT2D eigenvalue weighted by Gasteiger charge is -2.30. The Balaban J connectivity index is 2.99. The molecule has 0 aromatic rings. The van der Waals surface area contributed by atoms with E-state index >= 15 is 0 Å². The summed E-state index contributed by atoms with van der Waals surface area (Å²) in [6.07, 6.45) is 1.39. The van der Waals surface area contributed by atoms with Gasteiger partial charge < -0.3 is 11.1 Å². The highest BCUT2D eigenvalue weighted by Gasteiger charge is 2.45. The summed E-state index contributed by atoms with van der Waals surface area (Å²) in [4.78, 5) is 27.5. The summed E-state index contributed by atoms with van der Waals surface area (Å²) in [6.45, 7) is 4.02. The zero-order valence-electron chi connectivity index (χ0n) is 9.17. The normalized spacial score (nSPS) is 19.8. The predicted molar refractivity (Wildman–Crippen MR) is 57.3 cm³/mol. The van der Waals surface area contributed by atoms with Crippen molar-refractivity contribution in [3.05, 3.63) is 0 Å². The van der Waals surface area contributed by atoms with Crippen molar-refractivity contribution in [1.82, 2.24) is 5.32 Å². The number of carbonyl (C=O) groups excluding carboxylic acids is 2. The number of carbonyl (C=O) groups is 2. The Morgan fingerprint density at radius 3 is 2.33 bits per heavy atom. The molecule has 0 saturated carbocycles. The van der Waals surface area contributed by atoms with E-state index in [1.165, 1.54) is 0 Å². The summed E-state index contributed by atoms with van der Waals surface area (Å²) in [5.41, 5.74) is 4.38. The maximum atomic E-state index is 11.8. The monoisotopic (exact) mass is 211 g/mol. The summed E-state index contributed by atoms with van der Waals surface area (Å²) >= 11 is 0. The number of hydrogen-bond donors (Lipinski definition) is 2. The van der Waals surface area contributed by atoms with Gasteiger partial charge in [-0.1, -0.05) is 13.8 Å². The molecule has 84 valence electrons. The van der Waals surface area contributed by atoms with Crippen molar-refractivity contribution >= 4 is 17.6 Å². The molecule has 0 saturated heterocycles. The minimum absolute atomic E-state index is 0.240. The van der Waals surface area contributed by atoms with Crippen LogP contribution in [0.1, 0.15) is 33.1 Å². The number of hydrogen-bond acceptors (Lipinski definition) is 3. The Labute approximate surface area is 89.1 Å². The second-order valence-electron chi connectivity index (χ2n) is 3.65. The fraction of sp³-hybridized carbons (Fsp3) is 0.700. The van der Waals surface area contributed by atoms with Gasteiger partial charge in [-0.25, -0.2) is 0 Å². The van der Waals surface area contributed by atoms with Crippen LogP contribution in [-0.2, 0) is 9.59 Å². The molecular formula is C10H17N3O2. The topological polar surface area (TPSA) is 84.6 Å². The van der Waals surface area contributed by atoms with Crippen molar-refractivity contribution in [2.75, 3.05) is 6.54 Å². The lowest BCUT2D eigenvalue weighted by atomic mass is 9.79. The van der Waals surface area contributed by atoms with Gasteiger partial charge in [-0.05, 0) is 19.4 Å². The lowest BCUT2D eigenvalue weighted by Crippen LogP contribution is -2.52. The maximum absolute atomic E-state index is 11.8. The van der Waals surface area contributed by atoms with Gasteiger partial charge in [0.25, 0.3) is 5.91 Å². The third-order valence-electron chi connectivity index (χ3n) is 2.93. The first kappa shape index (κ1) is 11.8. The Hall–Kier alpha value is -1.23. The van der Waals surface area contributed by atoms with Crippen molar-refractivity contribution in [2.45, 2.75) is 33.1 Å². The molecule has 1 aliphatic heterocycles. The Morgan fingerprint density at radius 2 is 1.93 bits per heavy atom. The minimum atomic E-state index is -0.960. The Kier molecular flexibility index (Phi) is 3.57. The van der Waals surface area contributed by atoms with Crippen molar-refractivity contribution in [2.24, 2.45) is 16.1 Å². The number of amides is 2. The quantitative estimate of drug-likeness (QED) is 0.651. The van der Waals surface area contributed by atoms with Gasteiger partial charge >= 0.3 is 0 Å². The van der Waals surface area contributed by atoms with E-state index in [0.717, 1.165) is 0 Å². The van der Waals surface area contributed by atoms with Gasteiger partial charge in [0, 0.05) is 6.42 Å². The fourth-order valence-corrected chi connectivity index (χ4v) is 1.73. The molecule has 0 aromatic heterocycles. The highest BCUT2D eigenvalue weighted by atomic mass is 16.2. The minimum Gasteiger partial charge on any atom is -0.330 e. The molecule has 15 heavy (non-hydrogen) atoms. The summed E-state index contributed by atoms with van der Waals surface area (Å²) < 4.78 is 0. The van der Waals surface area contributed by atoms with Crippen LogP contribution in [0.15, 0.2) is 4.99 Å². The summed E-state index contributed by atoms with van der Waals surface area (Å²) in [5, 5.41) is 2.65. The van der Waals surface area contributed by atoms with E-state index in [4.69, 9.17) is 5.73 Å². The van der Waals surface area contributed by atoms with E-state index in [-0.39, 0.29) is 11.8 Å². The van der Waals surface area contributed by atoms with Crippen molar-refractivity contribution in [3.8, 4) is 0 Å². The largest absolute Gasteiger partial charge is 0.330 e. The molecule has 1 heterocycles. The van der Waals surface area contributed by atoms with Crippen LogP contribution in [0, 0.1) is 5.41 Å². The highest BCUT2D eigenvalue weighted by molar-refractivity contribution is 6.18. The van der Waals surface area contributed by atoms with Gasteiger partial charge in [0.05, 0.1) is 0 Å². The van der Waals surface area contributed by atoms with E-state index in [1.54, 1.807) is 0 Å². The van der Waals surface area contributed by atoms with Crippen molar-refractivity contribution in [1.29, 1.82) is 0 Å². The molecule has 0 spiro atoms. The average molecular weight is 211 g/mol. The van der Waals surface area contributed by atoms with E-state index in [0.29, 0.717) is 31.6 Å². The molecular weight excluding hydrogens is 194 g/mol. The maximum Gasteiger partial charge on any atom is 0.263 e. The van der Waals surface area contributed by atoms with Crippen molar-refractivity contribution in [3.63, 3.8) is 0 Å². The second-order valence-corrected chi connectivity index (χ2v) is 3.65. The molecule has 1 aliphatic rings. The first-order valence-electron chi connectivity index (χ1n) is 5.24. The predicted octanol–water partition coefficient (Wildman–Crippen LogP) is 0.197. The van der Waals surface area contributed by atoms with Crippen LogP contribution >= 0.6 is 0 Å². The zero-order valence-corrected chi connectivity index (χ0v) is 9.17. The fourth-order valence-electron chi connectivity index (χ4n) is 1.73. The van der Waals surface area contributed by atoms with Gasteiger partial charge in [-0.2, -0.15) is 4.99 Å². The number of rotatable bonds is 4. The van der Waals surface area contributed by atoms with E-state index in [1.807, 2.05) is 13.8 Å². The second kappa shape index (κ2) is 4.53. The van der Waals surface area contributed by atoms with Gasteiger partial charge in [-0.3, -0.25) is 9.59 Å². The molecule has 0 fully saturated rings. The van der Waals surface area contributed by atoms with E-state index < -0.39 is 5.41 Å². The number of aliphatic imine (C=N–C) groups is 1. The summed E-state index contributed by atoms with van der Waals surface area (Å²) in [5.74, 6) is -0.180. The standard InChI is InChI=1S/C10H17N3O2/c1-3-10(4-2)8(14)12-7(5-6-11)13-9(10)15/h3-6,11H2,1-2H3,(H,12,13,14,15). The van der Waals surface area contributed by atoms with Crippen LogP contribution in [0.25, 0.3) is 0 Å². The first-order chi connectivity index (χ1) is 7.10. The number of nitrogens with two attached hydrogens (primary N) is 1. The Morgan fingerprint density at radius 1 is 1.33 bits per heavy atom. The SMILES string of the molecule is CCC1(CC)C(=O)N=C(CCN)NC1=O. The smallest absolute Gasteiger partial charge is 0.263 e. The van der Waals surface area contributed by atoms with Gasteiger partial charge in [0.2, 0.25) is 5.91 Å². The van der Waals surface area contributed by atoms with E-state index in [2.05, 4.69) is 10.3 Å². The molecule has 0 bridgehead atoms. The average Bonchev–Trinajstić information content (AvgIpc) is 2.19. The van der Waals surface area contributed by atoms with Crippen LogP contribution in [0.3, 0.4) is 0 Å². The molecule has 0 unspecified atom stereocenters. The van der Waals surface area contributed by atoms with E-state index in [9.17, 15) is 9.59 Å². The third-order valence-corrected chi connectivity index (χ3v) is 2.93. The van der Waals surface area contributed by atoms with Crippen LogP contribution in [0.5, 0.6) is 0 Å². The third kappa shape index (κ3) is 1.92. The molecule has 1 rings (SSSR count). The molecule has 5 heteroatoms. The number of nitrogens with one attached hydrogen (secondary N) is 1. The Bertz CT molecular complexity index is 306. The van der Waals surface area contributed by atoms with Crippen molar-refractivity contribution < 1.29 is 9.59 Å². The van der Waals surface area contributed by atoms with Gasteiger partial charge in [0.1, 0.15) is 11.3 Å². The molecule has 0 atom stereocenters. The lowest BCUT2D eigenvalue weighted by molar-refractivity contribution is -0.142. The van der Waals surface area contributed by atoms with Gasteiger partial charge in [-0.15, -0.1) is 0 Å². The number of nitrogens with zero attached hydrogens (tertiary/aromatic N) is 1.